The second-order valence-corrected chi connectivity index (χ2v) is 1.42. The van der Waals surface area contributed by atoms with Gasteiger partial charge in [-0.3, -0.25) is 5.01 Å². The Kier molecular flexibility index (Phi) is 1.13. The average molecular weight is 113 g/mol. The highest BCUT2D eigenvalue weighted by molar-refractivity contribution is 5.86. The van der Waals surface area contributed by atoms with E-state index in [1.165, 1.54) is 11.3 Å². The first-order valence-electron chi connectivity index (χ1n) is 2.14. The molecule has 5 heteroatoms. The van der Waals surface area contributed by atoms with Crippen LogP contribution in [0.4, 0.5) is 0 Å². The Morgan fingerprint density at radius 3 is 2.88 bits per heavy atom. The number of guanidine groups is 1. The van der Waals surface area contributed by atoms with Crippen molar-refractivity contribution in [3.05, 3.63) is 0 Å². The first kappa shape index (κ1) is 5.04. The van der Waals surface area contributed by atoms with Crippen LogP contribution < -0.4 is 11.6 Å². The minimum absolute atomic E-state index is 0.284. The van der Waals surface area contributed by atoms with E-state index in [0.29, 0.717) is 6.67 Å². The van der Waals surface area contributed by atoms with Gasteiger partial charge in [0.15, 0.2) is 0 Å². The molecular weight excluding hydrogens is 106 g/mol. The number of nitrogens with two attached hydrogens (primary N) is 2. The Balaban J connectivity index is 2.58. The van der Waals surface area contributed by atoms with E-state index >= 15 is 0 Å². The second-order valence-electron chi connectivity index (χ2n) is 1.42. The van der Waals surface area contributed by atoms with Gasteiger partial charge in [0.1, 0.15) is 13.0 Å². The predicted molar refractivity (Wildman–Crippen MR) is 31.0 cm³/mol. The van der Waals surface area contributed by atoms with Crippen LogP contribution in [-0.2, 0) is 0 Å². The topological polar surface area (TPSA) is 80.0 Å². The molecule has 0 aromatic rings. The number of nitrogens with zero attached hydrogens (tertiary/aromatic N) is 3. The van der Waals surface area contributed by atoms with E-state index in [0.717, 1.165) is 0 Å². The van der Waals surface area contributed by atoms with Crippen molar-refractivity contribution in [1.29, 1.82) is 0 Å². The highest BCUT2D eigenvalue weighted by Crippen LogP contribution is 1.82. The van der Waals surface area contributed by atoms with Crippen LogP contribution in [0.25, 0.3) is 0 Å². The molecule has 0 atom stereocenters. The lowest BCUT2D eigenvalue weighted by Crippen LogP contribution is -2.34. The molecule has 1 rings (SSSR count). The molecule has 5 nitrogen and oxygen atoms in total. The maximum atomic E-state index is 5.22. The monoisotopic (exact) mass is 113 g/mol. The Morgan fingerprint density at radius 1 is 1.75 bits per heavy atom. The lowest BCUT2D eigenvalue weighted by molar-refractivity contribution is 0.463. The number of hydrogen-bond acceptors (Lipinski definition) is 5. The van der Waals surface area contributed by atoms with E-state index in [4.69, 9.17) is 11.6 Å². The zero-order valence-corrected chi connectivity index (χ0v) is 4.28. The minimum Gasteiger partial charge on any atom is -0.368 e. The van der Waals surface area contributed by atoms with Crippen molar-refractivity contribution in [3.8, 4) is 0 Å². The third kappa shape index (κ3) is 0.941. The molecule has 1 aliphatic rings. The summed E-state index contributed by atoms with van der Waals surface area (Å²) in [5.41, 5.74) is 5.17. The third-order valence-corrected chi connectivity index (χ3v) is 0.734. The van der Waals surface area contributed by atoms with Gasteiger partial charge in [0, 0.05) is 0 Å². The van der Waals surface area contributed by atoms with Crippen LogP contribution in [0.5, 0.6) is 0 Å². The van der Waals surface area contributed by atoms with Crippen LogP contribution in [0, 0.1) is 0 Å². The number of hydrogen-bond donors (Lipinski definition) is 2. The van der Waals surface area contributed by atoms with Gasteiger partial charge in [0.05, 0.1) is 0 Å². The molecule has 0 bridgehead atoms. The molecule has 0 fully saturated rings. The molecule has 8 heavy (non-hydrogen) atoms. The van der Waals surface area contributed by atoms with E-state index in [-0.39, 0.29) is 5.96 Å². The summed E-state index contributed by atoms with van der Waals surface area (Å²) < 4.78 is 0. The normalized spacial score (nSPS) is 18.6. The predicted octanol–water partition coefficient (Wildman–Crippen LogP) is -1.52. The Morgan fingerprint density at radius 2 is 2.50 bits per heavy atom. The maximum Gasteiger partial charge on any atom is 0.218 e. The summed E-state index contributed by atoms with van der Waals surface area (Å²) in [6, 6.07) is 0. The van der Waals surface area contributed by atoms with Gasteiger partial charge in [-0.05, 0) is 0 Å². The summed E-state index contributed by atoms with van der Waals surface area (Å²) in [6.45, 7) is 0.398. The molecule has 0 aromatic heterocycles. The van der Waals surface area contributed by atoms with E-state index in [1.54, 1.807) is 0 Å². The molecule has 0 aromatic carbocycles. The molecule has 4 N–H and O–H groups in total. The summed E-state index contributed by atoms with van der Waals surface area (Å²) in [5.74, 6) is 5.50. The first-order chi connectivity index (χ1) is 3.79. The summed E-state index contributed by atoms with van der Waals surface area (Å²) in [5, 5.41) is 1.34. The van der Waals surface area contributed by atoms with Gasteiger partial charge in [-0.15, -0.1) is 0 Å². The Hall–Kier alpha value is -1.10. The molecule has 0 saturated carbocycles. The quantitative estimate of drug-likeness (QED) is 0.374. The number of rotatable bonds is 0. The van der Waals surface area contributed by atoms with Crippen molar-refractivity contribution >= 4 is 12.3 Å². The molecule has 0 unspecified atom stereocenters. The van der Waals surface area contributed by atoms with Crippen LogP contribution >= 0.6 is 0 Å². The first-order valence-corrected chi connectivity index (χ1v) is 2.14. The summed E-state index contributed by atoms with van der Waals surface area (Å²) in [7, 11) is 0. The van der Waals surface area contributed by atoms with Gasteiger partial charge >= 0.3 is 0 Å². The molecule has 0 amide bonds. The molecule has 0 radical (unpaired) electrons. The van der Waals surface area contributed by atoms with Gasteiger partial charge in [0.2, 0.25) is 5.96 Å². The number of aliphatic imine (C=N–C) groups is 2. The fourth-order valence-corrected chi connectivity index (χ4v) is 0.365. The zero-order valence-electron chi connectivity index (χ0n) is 4.28. The SMILES string of the molecule is NC1=NCN(N)C=N1. The Bertz CT molecular complexity index is 137. The van der Waals surface area contributed by atoms with Crippen LogP contribution in [0.1, 0.15) is 0 Å². The lowest BCUT2D eigenvalue weighted by atomic mass is 10.8. The van der Waals surface area contributed by atoms with Crippen molar-refractivity contribution in [1.82, 2.24) is 5.01 Å². The molecule has 1 aliphatic heterocycles. The highest BCUT2D eigenvalue weighted by Gasteiger charge is 1.96. The smallest absolute Gasteiger partial charge is 0.218 e. The molecule has 0 saturated heterocycles. The lowest BCUT2D eigenvalue weighted by Gasteiger charge is -2.11. The summed E-state index contributed by atoms with van der Waals surface area (Å²) in [4.78, 5) is 7.32. The van der Waals surface area contributed by atoms with Crippen LogP contribution in [0.3, 0.4) is 0 Å². The largest absolute Gasteiger partial charge is 0.368 e. The fraction of sp³-hybridized carbons (Fsp3) is 0.333. The highest BCUT2D eigenvalue weighted by atomic mass is 15.5. The van der Waals surface area contributed by atoms with Gasteiger partial charge < -0.3 is 5.73 Å². The van der Waals surface area contributed by atoms with Crippen molar-refractivity contribution in [2.45, 2.75) is 0 Å². The Labute approximate surface area is 46.7 Å². The molecule has 0 aliphatic carbocycles. The van der Waals surface area contributed by atoms with Gasteiger partial charge in [-0.25, -0.2) is 15.8 Å². The van der Waals surface area contributed by atoms with Crippen molar-refractivity contribution < 1.29 is 0 Å². The van der Waals surface area contributed by atoms with E-state index in [2.05, 4.69) is 9.98 Å². The maximum absolute atomic E-state index is 5.22. The van der Waals surface area contributed by atoms with Crippen molar-refractivity contribution in [2.24, 2.45) is 21.6 Å². The average Bonchev–Trinajstić information content (AvgIpc) is 1.77. The van der Waals surface area contributed by atoms with Crippen molar-refractivity contribution in [2.75, 3.05) is 6.67 Å². The molecule has 44 valence electrons. The van der Waals surface area contributed by atoms with Crippen LogP contribution in [0.2, 0.25) is 0 Å². The second kappa shape index (κ2) is 1.79. The fourth-order valence-electron chi connectivity index (χ4n) is 0.365. The summed E-state index contributed by atoms with van der Waals surface area (Å²) >= 11 is 0. The molecular formula is C3H7N5. The van der Waals surface area contributed by atoms with Gasteiger partial charge in [0.25, 0.3) is 0 Å². The van der Waals surface area contributed by atoms with Crippen LogP contribution in [0.15, 0.2) is 9.98 Å². The van der Waals surface area contributed by atoms with Crippen LogP contribution in [-0.4, -0.2) is 24.0 Å². The molecule has 0 spiro atoms. The standard InChI is InChI=1S/C3H7N5/c4-3-6-1-8(5)2-7-3/h1H,2,5H2,(H2,4,7). The van der Waals surface area contributed by atoms with E-state index in [1.807, 2.05) is 0 Å². The van der Waals surface area contributed by atoms with Crippen molar-refractivity contribution in [3.63, 3.8) is 0 Å². The van der Waals surface area contributed by atoms with E-state index in [9.17, 15) is 0 Å². The third-order valence-electron chi connectivity index (χ3n) is 0.734. The molecule has 1 heterocycles. The van der Waals surface area contributed by atoms with Gasteiger partial charge in [-0.2, -0.15) is 0 Å². The van der Waals surface area contributed by atoms with Gasteiger partial charge in [-0.1, -0.05) is 0 Å². The summed E-state index contributed by atoms with van der Waals surface area (Å²) in [6.07, 6.45) is 1.43. The minimum atomic E-state index is 0.284. The number of hydrazine groups is 1. The van der Waals surface area contributed by atoms with E-state index < -0.39 is 0 Å². The zero-order chi connectivity index (χ0) is 5.98.